The summed E-state index contributed by atoms with van der Waals surface area (Å²) in [6, 6.07) is 51.9. The van der Waals surface area contributed by atoms with E-state index in [1.807, 2.05) is 54.1 Å². The molecule has 0 bridgehead atoms. The summed E-state index contributed by atoms with van der Waals surface area (Å²) in [5.74, 6) is 0. The van der Waals surface area contributed by atoms with E-state index in [1.165, 1.54) is 53.6 Å². The molecule has 0 atom stereocenters. The predicted molar refractivity (Wildman–Crippen MR) is 182 cm³/mol. The van der Waals surface area contributed by atoms with Gasteiger partial charge >= 0.3 is 0 Å². The number of hydrogen-bond acceptors (Lipinski definition) is 3. The van der Waals surface area contributed by atoms with E-state index in [1.54, 1.807) is 0 Å². The van der Waals surface area contributed by atoms with E-state index in [2.05, 4.69) is 125 Å². The van der Waals surface area contributed by atoms with Gasteiger partial charge in [0.2, 0.25) is 0 Å². The first kappa shape index (κ1) is 25.3. The van der Waals surface area contributed by atoms with Crippen molar-refractivity contribution >= 4 is 31.5 Å². The van der Waals surface area contributed by atoms with E-state index in [0.717, 1.165) is 22.5 Å². The summed E-state index contributed by atoms with van der Waals surface area (Å²) in [6.45, 7) is 0. The average molecular weight is 567 g/mol. The van der Waals surface area contributed by atoms with Crippen molar-refractivity contribution in [2.24, 2.45) is 0 Å². The molecule has 3 heterocycles. The zero-order chi connectivity index (χ0) is 28.6. The first-order valence-electron chi connectivity index (χ1n) is 14.4. The number of benzene rings is 5. The highest BCUT2D eigenvalue weighted by molar-refractivity contribution is 7.26. The number of fused-ring (bicyclic) bond motifs is 3. The molecule has 43 heavy (non-hydrogen) atoms. The molecule has 202 valence electrons. The van der Waals surface area contributed by atoms with Crippen LogP contribution in [0.15, 0.2) is 158 Å². The molecular formula is C40H26N2S. The lowest BCUT2D eigenvalue weighted by Crippen LogP contribution is -1.85. The summed E-state index contributed by atoms with van der Waals surface area (Å²) in [5, 5.41) is 2.60. The largest absolute Gasteiger partial charge is 0.256 e. The number of rotatable bonds is 5. The van der Waals surface area contributed by atoms with Crippen LogP contribution in [-0.2, 0) is 0 Å². The SMILES string of the molecule is c1ccc(-c2ccc(-c3cccc(-c4ccc5sc6cccc(-c7cccc(-c8ccccn8)c7)c6c5c4)c3)cc2)nc1. The molecule has 0 spiro atoms. The van der Waals surface area contributed by atoms with Crippen molar-refractivity contribution in [1.82, 2.24) is 9.97 Å². The second-order valence-corrected chi connectivity index (χ2v) is 11.7. The number of pyridine rings is 2. The van der Waals surface area contributed by atoms with Crippen LogP contribution in [0, 0.1) is 0 Å². The van der Waals surface area contributed by atoms with Gasteiger partial charge in [-0.05, 0) is 88.0 Å². The molecule has 0 aliphatic rings. The van der Waals surface area contributed by atoms with Crippen molar-refractivity contribution < 1.29 is 0 Å². The first-order chi connectivity index (χ1) is 21.3. The number of aromatic nitrogens is 2. The molecule has 0 radical (unpaired) electrons. The molecule has 0 saturated heterocycles. The van der Waals surface area contributed by atoms with E-state index in [-0.39, 0.29) is 0 Å². The fourth-order valence-electron chi connectivity index (χ4n) is 5.87. The highest BCUT2D eigenvalue weighted by Gasteiger charge is 2.13. The summed E-state index contributed by atoms with van der Waals surface area (Å²) < 4.78 is 2.60. The molecular weight excluding hydrogens is 541 g/mol. The summed E-state index contributed by atoms with van der Waals surface area (Å²) >= 11 is 1.86. The van der Waals surface area contributed by atoms with Gasteiger partial charge in [0.1, 0.15) is 0 Å². The zero-order valence-corrected chi connectivity index (χ0v) is 24.1. The Hall–Kier alpha value is -5.38. The molecule has 8 rings (SSSR count). The maximum Gasteiger partial charge on any atom is 0.0702 e. The summed E-state index contributed by atoms with van der Waals surface area (Å²) in [6.07, 6.45) is 3.69. The average Bonchev–Trinajstić information content (AvgIpc) is 3.47. The third-order valence-electron chi connectivity index (χ3n) is 8.00. The Morgan fingerprint density at radius 1 is 0.372 bits per heavy atom. The molecule has 5 aromatic carbocycles. The topological polar surface area (TPSA) is 25.8 Å². The first-order valence-corrected chi connectivity index (χ1v) is 15.2. The van der Waals surface area contributed by atoms with E-state index < -0.39 is 0 Å². The van der Waals surface area contributed by atoms with Crippen LogP contribution >= 0.6 is 11.3 Å². The maximum absolute atomic E-state index is 4.58. The Morgan fingerprint density at radius 3 is 1.70 bits per heavy atom. The van der Waals surface area contributed by atoms with E-state index in [0.29, 0.717) is 0 Å². The van der Waals surface area contributed by atoms with E-state index in [9.17, 15) is 0 Å². The molecule has 0 saturated carbocycles. The second kappa shape index (κ2) is 10.8. The van der Waals surface area contributed by atoms with Gasteiger partial charge in [-0.15, -0.1) is 11.3 Å². The normalized spacial score (nSPS) is 11.3. The van der Waals surface area contributed by atoms with Crippen molar-refractivity contribution in [2.75, 3.05) is 0 Å². The minimum Gasteiger partial charge on any atom is -0.256 e. The van der Waals surface area contributed by atoms with Gasteiger partial charge in [0.05, 0.1) is 11.4 Å². The molecule has 0 N–H and O–H groups in total. The third-order valence-corrected chi connectivity index (χ3v) is 9.14. The molecule has 0 amide bonds. The van der Waals surface area contributed by atoms with Crippen LogP contribution < -0.4 is 0 Å². The van der Waals surface area contributed by atoms with Gasteiger partial charge in [-0.1, -0.05) is 91.0 Å². The van der Waals surface area contributed by atoms with Crippen LogP contribution in [0.1, 0.15) is 0 Å². The minimum absolute atomic E-state index is 0.986. The van der Waals surface area contributed by atoms with Gasteiger partial charge in [0.15, 0.2) is 0 Å². The van der Waals surface area contributed by atoms with Crippen molar-refractivity contribution in [3.63, 3.8) is 0 Å². The summed E-state index contributed by atoms with van der Waals surface area (Å²) in [5.41, 5.74) is 11.5. The standard InChI is InChI=1S/C40H26N2S/c1-3-22-41-36(13-1)28-18-16-27(17-19-28)29-8-5-9-30(24-29)31-20-21-38-35(26-31)40-34(12-7-15-39(40)43-38)32-10-6-11-33(25-32)37-14-2-4-23-42-37/h1-26H. The summed E-state index contributed by atoms with van der Waals surface area (Å²) in [7, 11) is 0. The van der Waals surface area contributed by atoms with Crippen molar-refractivity contribution in [3.8, 4) is 55.9 Å². The molecule has 2 nitrogen and oxygen atoms in total. The second-order valence-electron chi connectivity index (χ2n) is 10.7. The zero-order valence-electron chi connectivity index (χ0n) is 23.3. The lowest BCUT2D eigenvalue weighted by atomic mass is 9.95. The maximum atomic E-state index is 4.58. The minimum atomic E-state index is 0.986. The van der Waals surface area contributed by atoms with Gasteiger partial charge in [-0.25, -0.2) is 0 Å². The van der Waals surface area contributed by atoms with Crippen LogP contribution in [0.3, 0.4) is 0 Å². The van der Waals surface area contributed by atoms with Crippen LogP contribution in [0.4, 0.5) is 0 Å². The molecule has 3 heteroatoms. The van der Waals surface area contributed by atoms with Gasteiger partial charge < -0.3 is 0 Å². The van der Waals surface area contributed by atoms with Crippen LogP contribution in [0.5, 0.6) is 0 Å². The van der Waals surface area contributed by atoms with Crippen LogP contribution in [-0.4, -0.2) is 9.97 Å². The molecule has 8 aromatic rings. The van der Waals surface area contributed by atoms with Gasteiger partial charge in [0, 0.05) is 43.7 Å². The molecule has 0 aliphatic carbocycles. The monoisotopic (exact) mass is 566 g/mol. The van der Waals surface area contributed by atoms with Crippen molar-refractivity contribution in [2.45, 2.75) is 0 Å². The number of nitrogens with zero attached hydrogens (tertiary/aromatic N) is 2. The van der Waals surface area contributed by atoms with Crippen LogP contribution in [0.25, 0.3) is 76.1 Å². The molecule has 0 unspecified atom stereocenters. The quantitative estimate of drug-likeness (QED) is 0.207. The van der Waals surface area contributed by atoms with Gasteiger partial charge in [0.25, 0.3) is 0 Å². The van der Waals surface area contributed by atoms with Gasteiger partial charge in [-0.2, -0.15) is 0 Å². The fourth-order valence-corrected chi connectivity index (χ4v) is 6.98. The highest BCUT2D eigenvalue weighted by atomic mass is 32.1. The van der Waals surface area contributed by atoms with Crippen molar-refractivity contribution in [1.29, 1.82) is 0 Å². The Labute approximate surface area is 254 Å². The molecule has 3 aromatic heterocycles. The third kappa shape index (κ3) is 4.80. The van der Waals surface area contributed by atoms with E-state index >= 15 is 0 Å². The van der Waals surface area contributed by atoms with Crippen LogP contribution in [0.2, 0.25) is 0 Å². The number of thiophene rings is 1. The lowest BCUT2D eigenvalue weighted by Gasteiger charge is -2.09. The number of hydrogen-bond donors (Lipinski definition) is 0. The highest BCUT2D eigenvalue weighted by Crippen LogP contribution is 2.42. The summed E-state index contributed by atoms with van der Waals surface area (Å²) in [4.78, 5) is 9.07. The Morgan fingerprint density at radius 2 is 0.953 bits per heavy atom. The smallest absolute Gasteiger partial charge is 0.0702 e. The Kier molecular flexibility index (Phi) is 6.36. The lowest BCUT2D eigenvalue weighted by molar-refractivity contribution is 1.33. The molecule has 0 fully saturated rings. The Balaban J connectivity index is 1.19. The Bertz CT molecular complexity index is 2220. The predicted octanol–water partition coefficient (Wildman–Crippen LogP) is 11.2. The van der Waals surface area contributed by atoms with Crippen molar-refractivity contribution in [3.05, 3.63) is 158 Å². The fraction of sp³-hybridized carbons (Fsp3) is 0. The van der Waals surface area contributed by atoms with E-state index in [4.69, 9.17) is 0 Å². The molecule has 0 aliphatic heterocycles. The van der Waals surface area contributed by atoms with Gasteiger partial charge in [-0.3, -0.25) is 9.97 Å².